The second-order valence-corrected chi connectivity index (χ2v) is 6.88. The fraction of sp³-hybridized carbons (Fsp3) is 0.412. The van der Waals surface area contributed by atoms with Gasteiger partial charge in [0.25, 0.3) is 0 Å². The number of nitrogens with zero attached hydrogens (tertiary/aromatic N) is 1. The minimum Gasteiger partial charge on any atom is -0.469 e. The molecule has 2 aromatic rings. The zero-order valence-corrected chi connectivity index (χ0v) is 14.6. The maximum atomic E-state index is 11.6. The fourth-order valence-electron chi connectivity index (χ4n) is 3.19. The summed E-state index contributed by atoms with van der Waals surface area (Å²) in [5.41, 5.74) is 8.62. The number of ether oxygens (including phenoxy) is 1. The van der Waals surface area contributed by atoms with Crippen LogP contribution in [0.5, 0.6) is 0 Å². The third-order valence-electron chi connectivity index (χ3n) is 4.47. The van der Waals surface area contributed by atoms with Crippen molar-refractivity contribution in [2.75, 3.05) is 18.2 Å². The molecule has 1 aromatic carbocycles. The zero-order valence-electron chi connectivity index (χ0n) is 13.0. The molecule has 0 saturated heterocycles. The van der Waals surface area contributed by atoms with Gasteiger partial charge in [-0.3, -0.25) is 9.78 Å². The number of fused-ring (bicyclic) bond motifs is 1. The smallest absolute Gasteiger partial charge is 0.308 e. The molecule has 0 aliphatic heterocycles. The maximum Gasteiger partial charge on any atom is 0.308 e. The topological polar surface area (TPSA) is 77.2 Å². The van der Waals surface area contributed by atoms with Crippen LogP contribution in [-0.2, 0) is 9.53 Å². The number of nitrogens with two attached hydrogens (primary N) is 1. The summed E-state index contributed by atoms with van der Waals surface area (Å²) in [4.78, 5) is 16.0. The van der Waals surface area contributed by atoms with E-state index in [2.05, 4.69) is 26.2 Å². The van der Waals surface area contributed by atoms with E-state index in [1.54, 1.807) is 6.20 Å². The van der Waals surface area contributed by atoms with Crippen molar-refractivity contribution in [2.24, 2.45) is 5.92 Å². The highest BCUT2D eigenvalue weighted by molar-refractivity contribution is 9.10. The van der Waals surface area contributed by atoms with E-state index in [9.17, 15) is 4.79 Å². The van der Waals surface area contributed by atoms with Crippen LogP contribution in [0.25, 0.3) is 10.9 Å². The van der Waals surface area contributed by atoms with Crippen LogP contribution in [0.1, 0.15) is 25.7 Å². The number of carbonyl (C=O) groups is 1. The van der Waals surface area contributed by atoms with Gasteiger partial charge >= 0.3 is 5.97 Å². The summed E-state index contributed by atoms with van der Waals surface area (Å²) in [6.07, 6.45) is 5.24. The number of aromatic nitrogens is 1. The van der Waals surface area contributed by atoms with Crippen LogP contribution >= 0.6 is 15.9 Å². The van der Waals surface area contributed by atoms with E-state index in [-0.39, 0.29) is 11.9 Å². The van der Waals surface area contributed by atoms with E-state index >= 15 is 0 Å². The number of methoxy groups -OCH3 is 1. The summed E-state index contributed by atoms with van der Waals surface area (Å²) < 4.78 is 5.84. The molecule has 1 aliphatic rings. The molecule has 0 atom stereocenters. The van der Waals surface area contributed by atoms with Crippen molar-refractivity contribution in [1.29, 1.82) is 0 Å². The quantitative estimate of drug-likeness (QED) is 0.796. The number of esters is 1. The van der Waals surface area contributed by atoms with Crippen molar-refractivity contribution in [1.82, 2.24) is 4.98 Å². The molecule has 0 bridgehead atoms. The fourth-order valence-corrected chi connectivity index (χ4v) is 3.55. The van der Waals surface area contributed by atoms with Gasteiger partial charge in [0.2, 0.25) is 0 Å². The number of hydrogen-bond acceptors (Lipinski definition) is 5. The average molecular weight is 378 g/mol. The molecule has 1 aliphatic carbocycles. The molecule has 122 valence electrons. The highest BCUT2D eigenvalue weighted by Gasteiger charge is 2.27. The van der Waals surface area contributed by atoms with Crippen molar-refractivity contribution in [3.05, 3.63) is 28.9 Å². The summed E-state index contributed by atoms with van der Waals surface area (Å²) in [5, 5.41) is 4.57. The average Bonchev–Trinajstić information content (AvgIpc) is 2.57. The molecule has 3 N–H and O–H groups in total. The Bertz CT molecular complexity index is 722. The first kappa shape index (κ1) is 16.1. The Hall–Kier alpha value is -1.82. The summed E-state index contributed by atoms with van der Waals surface area (Å²) in [7, 11) is 1.45. The van der Waals surface area contributed by atoms with E-state index in [1.165, 1.54) is 7.11 Å². The van der Waals surface area contributed by atoms with E-state index < -0.39 is 0 Å². The summed E-state index contributed by atoms with van der Waals surface area (Å²) in [5.74, 6) is -0.0695. The van der Waals surface area contributed by atoms with Gasteiger partial charge < -0.3 is 15.8 Å². The van der Waals surface area contributed by atoms with E-state index in [4.69, 9.17) is 10.5 Å². The third-order valence-corrected chi connectivity index (χ3v) is 4.96. The highest BCUT2D eigenvalue weighted by atomic mass is 79.9. The van der Waals surface area contributed by atoms with Gasteiger partial charge in [-0.1, -0.05) is 15.9 Å². The number of hydrogen-bond donors (Lipinski definition) is 2. The number of carbonyl (C=O) groups excluding carboxylic acids is 1. The summed E-state index contributed by atoms with van der Waals surface area (Å²) in [6, 6.07) is 6.28. The molecule has 0 spiro atoms. The van der Waals surface area contributed by atoms with E-state index in [1.807, 2.05) is 18.2 Å². The number of anilines is 2. The molecule has 3 rings (SSSR count). The monoisotopic (exact) mass is 377 g/mol. The molecule has 23 heavy (non-hydrogen) atoms. The van der Waals surface area contributed by atoms with Crippen LogP contribution in [0, 0.1) is 5.92 Å². The molecular weight excluding hydrogens is 358 g/mol. The predicted molar refractivity (Wildman–Crippen MR) is 95.2 cm³/mol. The highest BCUT2D eigenvalue weighted by Crippen LogP contribution is 2.33. The molecule has 0 amide bonds. The Kier molecular flexibility index (Phi) is 4.71. The molecule has 5 nitrogen and oxygen atoms in total. The predicted octanol–water partition coefficient (Wildman–Crippen LogP) is 3.72. The van der Waals surface area contributed by atoms with Crippen LogP contribution in [0.4, 0.5) is 11.4 Å². The van der Waals surface area contributed by atoms with Gasteiger partial charge in [-0.2, -0.15) is 0 Å². The molecule has 0 radical (unpaired) electrons. The van der Waals surface area contributed by atoms with Crippen molar-refractivity contribution in [2.45, 2.75) is 31.7 Å². The number of pyridine rings is 1. The van der Waals surface area contributed by atoms with Gasteiger partial charge in [0, 0.05) is 15.9 Å². The lowest BCUT2D eigenvalue weighted by molar-refractivity contribution is -0.146. The van der Waals surface area contributed by atoms with Gasteiger partial charge in [-0.15, -0.1) is 0 Å². The normalized spacial score (nSPS) is 21.1. The van der Waals surface area contributed by atoms with Crippen LogP contribution < -0.4 is 11.1 Å². The standard InChI is InChI=1S/C17H20BrN3O2/c1-23-17(22)10-2-5-12(6-3-10)21-16-13-8-11(18)4-7-15(13)20-9-14(16)19/h4,7-10,12H,2-3,5-6,19H2,1H3,(H,20,21). The van der Waals surface area contributed by atoms with Crippen molar-refractivity contribution in [3.8, 4) is 0 Å². The van der Waals surface area contributed by atoms with Crippen LogP contribution in [0.3, 0.4) is 0 Å². The maximum absolute atomic E-state index is 11.6. The lowest BCUT2D eigenvalue weighted by Crippen LogP contribution is -2.30. The Morgan fingerprint density at radius 2 is 2.09 bits per heavy atom. The van der Waals surface area contributed by atoms with Gasteiger partial charge in [0.05, 0.1) is 36.1 Å². The zero-order chi connectivity index (χ0) is 16.4. The SMILES string of the molecule is COC(=O)C1CCC(Nc2c(N)cnc3ccc(Br)cc23)CC1. The lowest BCUT2D eigenvalue weighted by Gasteiger charge is -2.29. The van der Waals surface area contributed by atoms with E-state index in [0.29, 0.717) is 11.7 Å². The Morgan fingerprint density at radius 1 is 1.35 bits per heavy atom. The van der Waals surface area contributed by atoms with Crippen molar-refractivity contribution >= 4 is 44.2 Å². The summed E-state index contributed by atoms with van der Waals surface area (Å²) >= 11 is 3.50. The van der Waals surface area contributed by atoms with Gasteiger partial charge in [-0.05, 0) is 43.9 Å². The second kappa shape index (κ2) is 6.74. The molecule has 1 fully saturated rings. The molecule has 1 heterocycles. The van der Waals surface area contributed by atoms with E-state index in [0.717, 1.165) is 46.7 Å². The largest absolute Gasteiger partial charge is 0.469 e. The second-order valence-electron chi connectivity index (χ2n) is 5.97. The minimum atomic E-state index is -0.0961. The number of halogens is 1. The van der Waals surface area contributed by atoms with Crippen molar-refractivity contribution in [3.63, 3.8) is 0 Å². The first-order valence-electron chi connectivity index (χ1n) is 7.76. The number of nitrogens with one attached hydrogen (secondary N) is 1. The number of rotatable bonds is 3. The lowest BCUT2D eigenvalue weighted by atomic mass is 9.86. The molecule has 6 heteroatoms. The Balaban J connectivity index is 1.79. The molecule has 1 saturated carbocycles. The summed E-state index contributed by atoms with van der Waals surface area (Å²) in [6.45, 7) is 0. The first-order chi connectivity index (χ1) is 11.1. The Morgan fingerprint density at radius 3 is 2.78 bits per heavy atom. The number of nitrogen functional groups attached to an aromatic ring is 1. The third kappa shape index (κ3) is 3.42. The first-order valence-corrected chi connectivity index (χ1v) is 8.56. The number of benzene rings is 1. The molecular formula is C17H20BrN3O2. The van der Waals surface area contributed by atoms with Crippen LogP contribution in [-0.4, -0.2) is 24.1 Å². The minimum absolute atomic E-state index is 0.0266. The molecule has 0 unspecified atom stereocenters. The Labute approximate surface area is 143 Å². The van der Waals surface area contributed by atoms with Crippen molar-refractivity contribution < 1.29 is 9.53 Å². The van der Waals surface area contributed by atoms with Gasteiger partial charge in [-0.25, -0.2) is 0 Å². The van der Waals surface area contributed by atoms with Crippen LogP contribution in [0.2, 0.25) is 0 Å². The molecule has 1 aromatic heterocycles. The van der Waals surface area contributed by atoms with Crippen LogP contribution in [0.15, 0.2) is 28.9 Å². The van der Waals surface area contributed by atoms with Gasteiger partial charge in [0.1, 0.15) is 0 Å². The van der Waals surface area contributed by atoms with Gasteiger partial charge in [0.15, 0.2) is 0 Å².